The fourth-order valence-electron chi connectivity index (χ4n) is 4.06. The molecule has 1 aliphatic rings. The Morgan fingerprint density at radius 2 is 1.85 bits per heavy atom. The first-order valence-corrected chi connectivity index (χ1v) is 11.0. The molecule has 172 valence electrons. The Labute approximate surface area is 195 Å². The third kappa shape index (κ3) is 4.98. The van der Waals surface area contributed by atoms with Gasteiger partial charge in [-0.05, 0) is 43.9 Å². The van der Waals surface area contributed by atoms with Crippen LogP contribution in [0.15, 0.2) is 41.2 Å². The molecule has 1 aliphatic carbocycles. The smallest absolute Gasteiger partial charge is 0.294 e. The second-order valence-corrected chi connectivity index (χ2v) is 8.55. The molecule has 2 N–H and O–H groups in total. The zero-order valence-corrected chi connectivity index (χ0v) is 19.1. The number of furan rings is 1. The van der Waals surface area contributed by atoms with Crippen LogP contribution in [-0.4, -0.2) is 45.7 Å². The van der Waals surface area contributed by atoms with Crippen molar-refractivity contribution in [3.8, 4) is 0 Å². The largest absolute Gasteiger partial charge is 0.448 e. The lowest BCUT2D eigenvalue weighted by atomic mass is 9.84. The van der Waals surface area contributed by atoms with Crippen molar-refractivity contribution in [1.29, 1.82) is 0 Å². The molecule has 3 aromatic heterocycles. The first-order chi connectivity index (χ1) is 15.8. The summed E-state index contributed by atoms with van der Waals surface area (Å²) < 4.78 is 5.76. The molecular weight excluding hydrogens is 446 g/mol. The average Bonchev–Trinajstić information content (AvgIpc) is 3.18. The number of carbonyl (C=O) groups excluding carboxylic acids is 3. The Morgan fingerprint density at radius 3 is 2.52 bits per heavy atom. The molecule has 1 fully saturated rings. The molecule has 4 rings (SSSR count). The van der Waals surface area contributed by atoms with E-state index in [1.54, 1.807) is 49.5 Å². The van der Waals surface area contributed by atoms with Crippen LogP contribution in [0.4, 0.5) is 11.5 Å². The van der Waals surface area contributed by atoms with Gasteiger partial charge in [-0.2, -0.15) is 0 Å². The highest BCUT2D eigenvalue weighted by atomic mass is 35.5. The molecule has 0 saturated heterocycles. The molecule has 3 amide bonds. The molecule has 0 unspecified atom stereocenters. The molecule has 0 spiro atoms. The number of rotatable bonds is 5. The summed E-state index contributed by atoms with van der Waals surface area (Å²) in [6.07, 6.45) is 7.31. The first kappa shape index (κ1) is 22.7. The van der Waals surface area contributed by atoms with Gasteiger partial charge in [0.15, 0.2) is 0 Å². The summed E-state index contributed by atoms with van der Waals surface area (Å²) in [4.78, 5) is 47.5. The number of carbonyl (C=O) groups is 3. The van der Waals surface area contributed by atoms with Gasteiger partial charge in [0.1, 0.15) is 17.1 Å². The molecule has 3 heterocycles. The van der Waals surface area contributed by atoms with E-state index < -0.39 is 5.91 Å². The summed E-state index contributed by atoms with van der Waals surface area (Å²) in [6.45, 7) is 1.54. The second-order valence-electron chi connectivity index (χ2n) is 8.12. The number of fused-ring (bicyclic) bond motifs is 1. The molecule has 0 aromatic carbocycles. The summed E-state index contributed by atoms with van der Waals surface area (Å²) in [5.41, 5.74) is 0.707. The van der Waals surface area contributed by atoms with Crippen LogP contribution in [-0.2, 0) is 9.59 Å². The van der Waals surface area contributed by atoms with Gasteiger partial charge < -0.3 is 20.0 Å². The van der Waals surface area contributed by atoms with Gasteiger partial charge in [0.05, 0.1) is 10.4 Å². The zero-order chi connectivity index (χ0) is 23.5. The predicted octanol–water partition coefficient (Wildman–Crippen LogP) is 4.10. The Hall–Kier alpha value is -3.46. The minimum atomic E-state index is -0.553. The highest BCUT2D eigenvalue weighted by Gasteiger charge is 2.31. The molecule has 0 atom stereocenters. The van der Waals surface area contributed by atoms with Crippen molar-refractivity contribution in [2.75, 3.05) is 17.7 Å². The van der Waals surface area contributed by atoms with Crippen molar-refractivity contribution in [3.05, 3.63) is 47.6 Å². The van der Waals surface area contributed by atoms with Crippen molar-refractivity contribution in [2.24, 2.45) is 5.92 Å². The number of hydrogen-bond acceptors (Lipinski definition) is 6. The van der Waals surface area contributed by atoms with Gasteiger partial charge in [0.2, 0.25) is 17.6 Å². The molecule has 33 heavy (non-hydrogen) atoms. The van der Waals surface area contributed by atoms with Crippen LogP contribution in [0.2, 0.25) is 5.02 Å². The topological polar surface area (TPSA) is 117 Å². The lowest BCUT2D eigenvalue weighted by Crippen LogP contribution is -2.40. The minimum Gasteiger partial charge on any atom is -0.448 e. The van der Waals surface area contributed by atoms with E-state index in [9.17, 15) is 14.4 Å². The van der Waals surface area contributed by atoms with Crippen molar-refractivity contribution < 1.29 is 18.8 Å². The Bertz CT molecular complexity index is 1190. The van der Waals surface area contributed by atoms with Crippen LogP contribution in [0.25, 0.3) is 11.0 Å². The van der Waals surface area contributed by atoms with Crippen LogP contribution in [0, 0.1) is 5.92 Å². The van der Waals surface area contributed by atoms with Crippen LogP contribution in [0.3, 0.4) is 0 Å². The summed E-state index contributed by atoms with van der Waals surface area (Å²) in [5, 5.41) is 6.52. The first-order valence-electron chi connectivity index (χ1n) is 10.7. The maximum absolute atomic E-state index is 13.1. The summed E-state index contributed by atoms with van der Waals surface area (Å²) in [5.74, 6) is -0.684. The fourth-order valence-corrected chi connectivity index (χ4v) is 4.17. The van der Waals surface area contributed by atoms with Gasteiger partial charge >= 0.3 is 0 Å². The minimum absolute atomic E-state index is 0.0195. The third-order valence-electron chi connectivity index (χ3n) is 6.02. The molecule has 0 aliphatic heterocycles. The molecular formula is C23H24ClN5O4. The highest BCUT2D eigenvalue weighted by molar-refractivity contribution is 6.30. The van der Waals surface area contributed by atoms with Crippen LogP contribution in [0.5, 0.6) is 0 Å². The Kier molecular flexibility index (Phi) is 6.60. The van der Waals surface area contributed by atoms with Crippen LogP contribution in [0.1, 0.15) is 43.2 Å². The third-order valence-corrected chi connectivity index (χ3v) is 6.25. The normalized spacial score (nSPS) is 18.0. The van der Waals surface area contributed by atoms with E-state index in [1.165, 1.54) is 6.20 Å². The number of nitrogens with one attached hydrogen (secondary N) is 2. The van der Waals surface area contributed by atoms with Gasteiger partial charge in [0.25, 0.3) is 5.91 Å². The van der Waals surface area contributed by atoms with Gasteiger partial charge in [-0.3, -0.25) is 19.4 Å². The number of anilines is 2. The number of aromatic nitrogens is 2. The number of pyridine rings is 2. The quantitative estimate of drug-likeness (QED) is 0.580. The predicted molar refractivity (Wildman–Crippen MR) is 124 cm³/mol. The molecule has 3 aromatic rings. The van der Waals surface area contributed by atoms with E-state index in [0.29, 0.717) is 34.7 Å². The maximum Gasteiger partial charge on any atom is 0.294 e. The number of halogens is 1. The summed E-state index contributed by atoms with van der Waals surface area (Å²) in [6, 6.07) is 4.94. The van der Waals surface area contributed by atoms with E-state index in [0.717, 1.165) is 12.8 Å². The monoisotopic (exact) mass is 469 g/mol. The maximum atomic E-state index is 13.1. The van der Waals surface area contributed by atoms with Crippen LogP contribution >= 0.6 is 11.6 Å². The Morgan fingerprint density at radius 1 is 1.09 bits per heavy atom. The summed E-state index contributed by atoms with van der Waals surface area (Å²) >= 11 is 5.85. The van der Waals surface area contributed by atoms with E-state index in [4.69, 9.17) is 16.0 Å². The Balaban J connectivity index is 1.52. The average molecular weight is 470 g/mol. The lowest BCUT2D eigenvalue weighted by molar-refractivity contribution is -0.130. The van der Waals surface area contributed by atoms with Crippen molar-refractivity contribution >= 4 is 51.8 Å². The highest BCUT2D eigenvalue weighted by Crippen LogP contribution is 2.33. The van der Waals surface area contributed by atoms with Gasteiger partial charge in [0, 0.05) is 44.5 Å². The van der Waals surface area contributed by atoms with Gasteiger partial charge in [-0.15, -0.1) is 0 Å². The van der Waals surface area contributed by atoms with E-state index in [2.05, 4.69) is 20.6 Å². The van der Waals surface area contributed by atoms with E-state index in [-0.39, 0.29) is 35.2 Å². The molecule has 0 bridgehead atoms. The molecule has 10 heteroatoms. The fraction of sp³-hybridized carbons (Fsp3) is 0.348. The standard InChI is InChI=1S/C23H24ClN5O4/c1-13(30)29(2)16-6-3-14(4-7-16)22(31)28-20-17-12-25-10-9-18(17)33-21(20)23(32)27-19-8-5-15(24)11-26-19/h5,8-12,14,16H,3-4,6-7H2,1-2H3,(H,28,31)(H,26,27,32)/t14-,16-. The van der Waals surface area contributed by atoms with E-state index in [1.807, 2.05) is 0 Å². The summed E-state index contributed by atoms with van der Waals surface area (Å²) in [7, 11) is 1.79. The van der Waals surface area contributed by atoms with Gasteiger partial charge in [-0.1, -0.05) is 11.6 Å². The number of amides is 3. The SMILES string of the molecule is CC(=O)N(C)[C@H]1CC[C@H](C(=O)Nc2c(C(=O)Nc3ccc(Cl)cn3)oc3ccncc23)CC1. The molecule has 9 nitrogen and oxygen atoms in total. The number of nitrogens with zero attached hydrogens (tertiary/aromatic N) is 3. The second kappa shape index (κ2) is 9.58. The van der Waals surface area contributed by atoms with Crippen molar-refractivity contribution in [2.45, 2.75) is 38.6 Å². The number of hydrogen-bond donors (Lipinski definition) is 2. The lowest BCUT2D eigenvalue weighted by Gasteiger charge is -2.33. The van der Waals surface area contributed by atoms with E-state index >= 15 is 0 Å². The van der Waals surface area contributed by atoms with Crippen LogP contribution < -0.4 is 10.6 Å². The van der Waals surface area contributed by atoms with Gasteiger partial charge in [-0.25, -0.2) is 4.98 Å². The zero-order valence-electron chi connectivity index (χ0n) is 18.3. The van der Waals surface area contributed by atoms with Crippen molar-refractivity contribution in [3.63, 3.8) is 0 Å². The molecule has 1 saturated carbocycles. The molecule has 0 radical (unpaired) electrons. The van der Waals surface area contributed by atoms with Crippen molar-refractivity contribution in [1.82, 2.24) is 14.9 Å².